The zero-order chi connectivity index (χ0) is 28.3. The number of hydrogen-bond acceptors (Lipinski definition) is 9. The predicted molar refractivity (Wildman–Crippen MR) is 164 cm³/mol. The summed E-state index contributed by atoms with van der Waals surface area (Å²) in [5.74, 6) is 0. The molecule has 0 atom stereocenters. The van der Waals surface area contributed by atoms with Gasteiger partial charge in [0, 0.05) is 98.1 Å². The smallest absolute Gasteiger partial charge is 0.377 e. The van der Waals surface area contributed by atoms with Gasteiger partial charge in [0.05, 0.1) is 0 Å². The summed E-state index contributed by atoms with van der Waals surface area (Å²) >= 11 is 10.1. The van der Waals surface area contributed by atoms with Crippen LogP contribution in [0.5, 0.6) is 0 Å². The van der Waals surface area contributed by atoms with Crippen molar-refractivity contribution in [2.24, 2.45) is 0 Å². The van der Waals surface area contributed by atoms with Crippen molar-refractivity contribution in [1.82, 2.24) is 0 Å². The third-order valence-electron chi connectivity index (χ3n) is 5.40. The second-order valence-corrected chi connectivity index (χ2v) is 19.0. The van der Waals surface area contributed by atoms with Gasteiger partial charge in [-0.15, -0.1) is 0 Å². The molecule has 0 rings (SSSR count). The van der Waals surface area contributed by atoms with Crippen LogP contribution in [-0.2, 0) is 39.8 Å². The first-order valence-corrected chi connectivity index (χ1v) is 21.0. The lowest BCUT2D eigenvalue weighted by molar-refractivity contribution is 0.122. The third kappa shape index (κ3) is 19.7. The normalized spacial score (nSPS) is 12.0. The van der Waals surface area contributed by atoms with Gasteiger partial charge in [0.25, 0.3) is 0 Å². The Hall–Kier alpha value is 1.73. The molecule has 15 heteroatoms. The summed E-state index contributed by atoms with van der Waals surface area (Å²) in [5.41, 5.74) is 0. The molecule has 36 heavy (non-hydrogen) atoms. The summed E-state index contributed by atoms with van der Waals surface area (Å²) in [6.45, 7) is 0. The van der Waals surface area contributed by atoms with Crippen molar-refractivity contribution in [2.75, 3.05) is 80.0 Å². The van der Waals surface area contributed by atoms with Crippen LogP contribution in [0, 0.1) is 0 Å². The Bertz CT molecular complexity index is 425. The molecule has 9 nitrogen and oxygen atoms in total. The van der Waals surface area contributed by atoms with E-state index in [-0.39, 0.29) is 0 Å². The Morgan fingerprint density at radius 1 is 0.333 bits per heavy atom. The zero-order valence-electron chi connectivity index (χ0n) is 23.8. The van der Waals surface area contributed by atoms with Gasteiger partial charge in [0.2, 0.25) is 0 Å². The molecule has 222 valence electrons. The summed E-state index contributed by atoms with van der Waals surface area (Å²) in [4.78, 5) is 0. The molecule has 0 unspecified atom stereocenters. The topological polar surface area (TPSA) is 83.1 Å². The van der Waals surface area contributed by atoms with Crippen LogP contribution < -0.4 is 0 Å². The maximum absolute atomic E-state index is 5.30. The van der Waals surface area contributed by atoms with Crippen molar-refractivity contribution in [2.45, 2.75) is 56.7 Å². The number of alkyl halides is 3. The number of hydrogen-bond donors (Lipinski definition) is 0. The molecule has 0 aromatic heterocycles. The Kier molecular flexibility index (Phi) is 33.1. The molecule has 0 aliphatic rings. The second kappa shape index (κ2) is 28.3. The molecule has 0 aromatic rings. The van der Waals surface area contributed by atoms with Gasteiger partial charge in [0.1, 0.15) is 0 Å². The minimum atomic E-state index is -2.28. The lowest BCUT2D eigenvalue weighted by Gasteiger charge is -2.24. The summed E-state index contributed by atoms with van der Waals surface area (Å²) in [6.07, 6.45) is 6.71. The molecule has 0 bridgehead atoms. The highest BCUT2D eigenvalue weighted by atomic mass is 79.9. The second-order valence-electron chi connectivity index (χ2n) is 7.32. The minimum absolute atomic E-state index is 0.863. The van der Waals surface area contributed by atoms with Crippen molar-refractivity contribution in [1.29, 1.82) is 0 Å². The van der Waals surface area contributed by atoms with Gasteiger partial charge in [0.15, 0.2) is 0 Å². The van der Waals surface area contributed by atoms with Crippen LogP contribution in [0.4, 0.5) is 0 Å². The van der Waals surface area contributed by atoms with Crippen LogP contribution in [0.1, 0.15) is 38.5 Å². The van der Waals surface area contributed by atoms with E-state index in [2.05, 4.69) is 47.8 Å². The van der Waals surface area contributed by atoms with Crippen molar-refractivity contribution in [3.05, 3.63) is 0 Å². The van der Waals surface area contributed by atoms with Crippen LogP contribution in [-0.4, -0.2) is 106 Å². The first kappa shape index (κ1) is 42.2. The molecule has 0 N–H and O–H groups in total. The third-order valence-corrected chi connectivity index (χ3v) is 15.6. The molecule has 0 saturated heterocycles. The van der Waals surface area contributed by atoms with Gasteiger partial charge >= 0.3 is 26.4 Å². The Morgan fingerprint density at radius 2 is 0.556 bits per heavy atom. The molecular formula is C21H51Br3O9Si3. The number of rotatable bonds is 21. The van der Waals surface area contributed by atoms with Gasteiger partial charge in [-0.2, -0.15) is 0 Å². The van der Waals surface area contributed by atoms with E-state index in [0.29, 0.717) is 0 Å². The van der Waals surface area contributed by atoms with E-state index < -0.39 is 26.4 Å². The van der Waals surface area contributed by atoms with Gasteiger partial charge < -0.3 is 39.8 Å². The van der Waals surface area contributed by atoms with Gasteiger partial charge in [-0.3, -0.25) is 0 Å². The fraction of sp³-hybridized carbons (Fsp3) is 1.00. The maximum Gasteiger partial charge on any atom is 0.500 e. The molecule has 0 radical (unpaired) electrons. The van der Waals surface area contributed by atoms with Crippen LogP contribution in [0.25, 0.3) is 0 Å². The molecule has 0 spiro atoms. The fourth-order valence-electron chi connectivity index (χ4n) is 3.00. The standard InChI is InChI=1S/C8H19BrO3Si.C7H17BrO3Si.C6H15BrO3Si/c1-10-13(11-2,12-3)8-6-4-5-7-9;1-9-12(10-2,11-3)7-5-4-6-8;1-8-11(9-2,10-3)6-4-5-7/h4-8H2,1-3H3;4-7H2,1-3H3;4-6H2,1-3H3. The number of halogens is 3. The lowest BCUT2D eigenvalue weighted by atomic mass is 10.3. The summed E-state index contributed by atoms with van der Waals surface area (Å²) < 4.78 is 47.3. The highest BCUT2D eigenvalue weighted by Crippen LogP contribution is 2.18. The largest absolute Gasteiger partial charge is 0.500 e. The van der Waals surface area contributed by atoms with E-state index in [1.54, 1.807) is 64.0 Å². The predicted octanol–water partition coefficient (Wildman–Crippen LogP) is 6.12. The maximum atomic E-state index is 5.30. The molecule has 0 aromatic carbocycles. The fourth-order valence-corrected chi connectivity index (χ4v) is 9.90. The first-order valence-electron chi connectivity index (χ1n) is 11.9. The molecule has 0 fully saturated rings. The highest BCUT2D eigenvalue weighted by molar-refractivity contribution is 9.09. The minimum Gasteiger partial charge on any atom is -0.377 e. The van der Waals surface area contributed by atoms with E-state index in [4.69, 9.17) is 39.8 Å². The summed E-state index contributed by atoms with van der Waals surface area (Å²) in [7, 11) is 7.98. The first-order chi connectivity index (χ1) is 17.2. The van der Waals surface area contributed by atoms with Crippen LogP contribution in [0.15, 0.2) is 0 Å². The molecular weight excluding hydrogens is 720 g/mol. The Labute approximate surface area is 249 Å². The molecule has 0 heterocycles. The van der Waals surface area contributed by atoms with Crippen LogP contribution >= 0.6 is 47.8 Å². The van der Waals surface area contributed by atoms with Crippen LogP contribution in [0.3, 0.4) is 0 Å². The van der Waals surface area contributed by atoms with Gasteiger partial charge in [-0.25, -0.2) is 0 Å². The van der Waals surface area contributed by atoms with Crippen molar-refractivity contribution in [3.8, 4) is 0 Å². The van der Waals surface area contributed by atoms with Crippen LogP contribution in [0.2, 0.25) is 18.1 Å². The van der Waals surface area contributed by atoms with Gasteiger partial charge in [-0.05, 0) is 32.1 Å². The van der Waals surface area contributed by atoms with E-state index in [1.807, 2.05) is 0 Å². The number of unbranched alkanes of at least 4 members (excludes halogenated alkanes) is 3. The average Bonchev–Trinajstić information content (AvgIpc) is 2.94. The Balaban J connectivity index is -0.000000455. The summed E-state index contributed by atoms with van der Waals surface area (Å²) in [6, 6.07) is 2.66. The van der Waals surface area contributed by atoms with E-state index in [0.717, 1.165) is 59.8 Å². The lowest BCUT2D eigenvalue weighted by Crippen LogP contribution is -2.42. The van der Waals surface area contributed by atoms with Crippen molar-refractivity contribution in [3.63, 3.8) is 0 Å². The SMILES string of the molecule is CO[Si](CCCBr)(OC)OC.CO[Si](CCCCBr)(OC)OC.CO[Si](CCCCCBr)(OC)OC. The van der Waals surface area contributed by atoms with Crippen molar-refractivity contribution < 1.29 is 39.8 Å². The van der Waals surface area contributed by atoms with E-state index in [1.165, 1.54) is 12.8 Å². The highest BCUT2D eigenvalue weighted by Gasteiger charge is 2.38. The molecule has 0 saturated carbocycles. The van der Waals surface area contributed by atoms with E-state index >= 15 is 0 Å². The molecule has 0 aliphatic carbocycles. The summed E-state index contributed by atoms with van der Waals surface area (Å²) in [5, 5.41) is 3.04. The monoisotopic (exact) mass is 768 g/mol. The van der Waals surface area contributed by atoms with Crippen molar-refractivity contribution >= 4 is 74.2 Å². The average molecular weight is 772 g/mol. The van der Waals surface area contributed by atoms with E-state index in [9.17, 15) is 0 Å². The quantitative estimate of drug-likeness (QED) is 0.0780. The molecule has 0 aliphatic heterocycles. The Morgan fingerprint density at radius 3 is 0.806 bits per heavy atom. The van der Waals surface area contributed by atoms with Gasteiger partial charge in [-0.1, -0.05) is 54.2 Å². The molecule has 0 amide bonds. The zero-order valence-corrected chi connectivity index (χ0v) is 31.6.